The van der Waals surface area contributed by atoms with Crippen LogP contribution in [0.1, 0.15) is 16.1 Å². The molecular formula is C14H11ClN4O. The Balaban J connectivity index is 2.40. The Morgan fingerprint density at radius 3 is 2.80 bits per heavy atom. The van der Waals surface area contributed by atoms with Crippen LogP contribution in [0.4, 0.5) is 0 Å². The average Bonchev–Trinajstić information content (AvgIpc) is 2.84. The number of hydrogen-bond acceptors (Lipinski definition) is 3. The van der Waals surface area contributed by atoms with Crippen molar-refractivity contribution in [1.82, 2.24) is 14.8 Å². The highest BCUT2D eigenvalue weighted by Crippen LogP contribution is 2.27. The van der Waals surface area contributed by atoms with Gasteiger partial charge in [-0.15, -0.1) is 0 Å². The highest BCUT2D eigenvalue weighted by atomic mass is 35.5. The van der Waals surface area contributed by atoms with Crippen LogP contribution in [0.2, 0.25) is 5.02 Å². The summed E-state index contributed by atoms with van der Waals surface area (Å²) in [5, 5.41) is 5.50. The first kappa shape index (κ1) is 12.6. The van der Waals surface area contributed by atoms with Crippen molar-refractivity contribution in [2.24, 2.45) is 5.73 Å². The van der Waals surface area contributed by atoms with Crippen LogP contribution in [0, 0.1) is 6.92 Å². The highest BCUT2D eigenvalue weighted by Gasteiger charge is 2.19. The maximum atomic E-state index is 11.7. The summed E-state index contributed by atoms with van der Waals surface area (Å²) in [5.74, 6) is -0.602. The molecule has 0 unspecified atom stereocenters. The van der Waals surface area contributed by atoms with Gasteiger partial charge in [0.15, 0.2) is 0 Å². The van der Waals surface area contributed by atoms with Crippen LogP contribution < -0.4 is 5.73 Å². The molecule has 20 heavy (non-hydrogen) atoms. The number of para-hydroxylation sites is 1. The van der Waals surface area contributed by atoms with Crippen molar-refractivity contribution in [2.45, 2.75) is 6.92 Å². The zero-order valence-corrected chi connectivity index (χ0v) is 11.4. The maximum absolute atomic E-state index is 11.7. The van der Waals surface area contributed by atoms with Crippen LogP contribution in [0.5, 0.6) is 0 Å². The largest absolute Gasteiger partial charge is 0.365 e. The summed E-state index contributed by atoms with van der Waals surface area (Å²) in [6, 6.07) is 7.67. The number of aryl methyl sites for hydroxylation is 1. The van der Waals surface area contributed by atoms with Crippen molar-refractivity contribution in [2.75, 3.05) is 0 Å². The molecule has 0 spiro atoms. The third-order valence-electron chi connectivity index (χ3n) is 3.13. The fourth-order valence-electron chi connectivity index (χ4n) is 2.22. The van der Waals surface area contributed by atoms with E-state index in [1.807, 2.05) is 24.3 Å². The van der Waals surface area contributed by atoms with Gasteiger partial charge >= 0.3 is 0 Å². The summed E-state index contributed by atoms with van der Waals surface area (Å²) in [7, 11) is 0. The van der Waals surface area contributed by atoms with E-state index in [1.165, 1.54) is 6.20 Å². The molecule has 0 aliphatic rings. The number of nitrogens with two attached hydrogens (primary N) is 1. The number of rotatable bonds is 2. The van der Waals surface area contributed by atoms with Gasteiger partial charge in [-0.3, -0.25) is 9.78 Å². The molecule has 100 valence electrons. The molecule has 0 saturated heterocycles. The summed E-state index contributed by atoms with van der Waals surface area (Å²) in [5.41, 5.74) is 7.69. The maximum Gasteiger partial charge on any atom is 0.252 e. The van der Waals surface area contributed by atoms with Crippen molar-refractivity contribution < 1.29 is 4.79 Å². The van der Waals surface area contributed by atoms with Crippen LogP contribution in [-0.4, -0.2) is 20.7 Å². The number of pyridine rings is 1. The van der Waals surface area contributed by atoms with E-state index < -0.39 is 5.91 Å². The van der Waals surface area contributed by atoms with Crippen molar-refractivity contribution in [3.8, 4) is 5.69 Å². The minimum atomic E-state index is -0.602. The van der Waals surface area contributed by atoms with E-state index in [-0.39, 0.29) is 10.6 Å². The quantitative estimate of drug-likeness (QED) is 0.786. The Labute approximate surface area is 120 Å². The number of benzene rings is 1. The zero-order valence-electron chi connectivity index (χ0n) is 10.7. The monoisotopic (exact) mass is 286 g/mol. The normalized spacial score (nSPS) is 10.9. The van der Waals surface area contributed by atoms with Gasteiger partial charge in [-0.1, -0.05) is 29.8 Å². The van der Waals surface area contributed by atoms with Crippen LogP contribution >= 0.6 is 11.6 Å². The minimum Gasteiger partial charge on any atom is -0.365 e. The molecule has 3 aromatic rings. The summed E-state index contributed by atoms with van der Waals surface area (Å²) < 4.78 is 1.64. The molecule has 2 heterocycles. The van der Waals surface area contributed by atoms with Gasteiger partial charge in [0.25, 0.3) is 5.91 Å². The summed E-state index contributed by atoms with van der Waals surface area (Å²) >= 11 is 6.06. The number of primary amides is 1. The van der Waals surface area contributed by atoms with Gasteiger partial charge in [0.1, 0.15) is 5.69 Å². The zero-order chi connectivity index (χ0) is 14.3. The van der Waals surface area contributed by atoms with Crippen molar-refractivity contribution in [1.29, 1.82) is 0 Å². The Morgan fingerprint density at radius 1 is 1.30 bits per heavy atom. The SMILES string of the molecule is Cc1ncc(Cl)c(C(N)=O)c1-n1ncc2ccccc21. The fourth-order valence-corrected chi connectivity index (χ4v) is 2.45. The van der Waals surface area contributed by atoms with Gasteiger partial charge < -0.3 is 5.73 Å². The van der Waals surface area contributed by atoms with Gasteiger partial charge in [-0.25, -0.2) is 4.68 Å². The highest BCUT2D eigenvalue weighted by molar-refractivity contribution is 6.34. The van der Waals surface area contributed by atoms with E-state index in [9.17, 15) is 4.79 Å². The molecule has 1 amide bonds. The smallest absolute Gasteiger partial charge is 0.252 e. The number of amides is 1. The third kappa shape index (κ3) is 1.83. The van der Waals surface area contributed by atoms with Gasteiger partial charge in [0, 0.05) is 11.6 Å². The molecule has 0 saturated carbocycles. The van der Waals surface area contributed by atoms with E-state index in [0.29, 0.717) is 11.4 Å². The van der Waals surface area contributed by atoms with E-state index in [1.54, 1.807) is 17.8 Å². The predicted molar refractivity (Wildman–Crippen MR) is 77.1 cm³/mol. The molecule has 0 fully saturated rings. The van der Waals surface area contributed by atoms with E-state index in [0.717, 1.165) is 10.9 Å². The molecule has 2 aromatic heterocycles. The lowest BCUT2D eigenvalue weighted by Gasteiger charge is -2.12. The molecule has 0 aliphatic carbocycles. The molecule has 3 rings (SSSR count). The van der Waals surface area contributed by atoms with E-state index in [4.69, 9.17) is 17.3 Å². The number of carbonyl (C=O) groups excluding carboxylic acids is 1. The Hall–Kier alpha value is -2.40. The first-order chi connectivity index (χ1) is 9.59. The van der Waals surface area contributed by atoms with Crippen LogP contribution in [0.15, 0.2) is 36.7 Å². The molecule has 1 aromatic carbocycles. The fraction of sp³-hybridized carbons (Fsp3) is 0.0714. The summed E-state index contributed by atoms with van der Waals surface area (Å²) in [6.45, 7) is 1.79. The lowest BCUT2D eigenvalue weighted by molar-refractivity contribution is 0.1000. The van der Waals surface area contributed by atoms with Gasteiger partial charge in [0.05, 0.1) is 28.0 Å². The van der Waals surface area contributed by atoms with Gasteiger partial charge in [-0.05, 0) is 13.0 Å². The van der Waals surface area contributed by atoms with Crippen molar-refractivity contribution >= 4 is 28.4 Å². The van der Waals surface area contributed by atoms with Gasteiger partial charge in [0.2, 0.25) is 0 Å². The lowest BCUT2D eigenvalue weighted by atomic mass is 10.1. The van der Waals surface area contributed by atoms with Crippen LogP contribution in [0.25, 0.3) is 16.6 Å². The number of nitrogens with zero attached hydrogens (tertiary/aromatic N) is 3. The van der Waals surface area contributed by atoms with E-state index in [2.05, 4.69) is 10.1 Å². The lowest BCUT2D eigenvalue weighted by Crippen LogP contribution is -2.17. The molecule has 0 radical (unpaired) electrons. The number of carbonyl (C=O) groups is 1. The molecule has 0 aliphatic heterocycles. The molecule has 0 atom stereocenters. The first-order valence-electron chi connectivity index (χ1n) is 5.97. The molecule has 6 heteroatoms. The Morgan fingerprint density at radius 2 is 2.05 bits per heavy atom. The molecule has 2 N–H and O–H groups in total. The second-order valence-electron chi connectivity index (χ2n) is 4.39. The Bertz CT molecular complexity index is 825. The van der Waals surface area contributed by atoms with Crippen LogP contribution in [-0.2, 0) is 0 Å². The number of hydrogen-bond donors (Lipinski definition) is 1. The molecule has 5 nitrogen and oxygen atoms in total. The topological polar surface area (TPSA) is 73.8 Å². The predicted octanol–water partition coefficient (Wildman–Crippen LogP) is 2.48. The second kappa shape index (κ2) is 4.61. The second-order valence-corrected chi connectivity index (χ2v) is 4.80. The van der Waals surface area contributed by atoms with Crippen molar-refractivity contribution in [3.05, 3.63) is 52.9 Å². The molecular weight excluding hydrogens is 276 g/mol. The third-order valence-corrected chi connectivity index (χ3v) is 3.41. The number of aromatic nitrogens is 3. The standard InChI is InChI=1S/C14H11ClN4O/c1-8-13(12(14(16)20)10(15)7-17-8)19-11-5-3-2-4-9(11)6-18-19/h2-7H,1H3,(H2,16,20). The first-order valence-corrected chi connectivity index (χ1v) is 6.35. The summed E-state index contributed by atoms with van der Waals surface area (Å²) in [4.78, 5) is 15.9. The average molecular weight is 287 g/mol. The molecule has 0 bridgehead atoms. The van der Waals surface area contributed by atoms with Crippen LogP contribution in [0.3, 0.4) is 0 Å². The van der Waals surface area contributed by atoms with Gasteiger partial charge in [-0.2, -0.15) is 5.10 Å². The minimum absolute atomic E-state index is 0.220. The number of fused-ring (bicyclic) bond motifs is 1. The number of halogens is 1. The Kier molecular flexibility index (Phi) is 2.91. The summed E-state index contributed by atoms with van der Waals surface area (Å²) in [6.07, 6.45) is 3.15. The van der Waals surface area contributed by atoms with E-state index >= 15 is 0 Å². The van der Waals surface area contributed by atoms with Crippen molar-refractivity contribution in [3.63, 3.8) is 0 Å².